The summed E-state index contributed by atoms with van der Waals surface area (Å²) >= 11 is 1.31. The maximum absolute atomic E-state index is 15.5. The Labute approximate surface area is 194 Å². The monoisotopic (exact) mass is 471 g/mol. The molecule has 1 aliphatic carbocycles. The van der Waals surface area contributed by atoms with Crippen molar-refractivity contribution in [2.45, 2.75) is 44.4 Å². The van der Waals surface area contributed by atoms with Gasteiger partial charge in [0.25, 0.3) is 0 Å². The molecule has 4 atom stereocenters. The minimum Gasteiger partial charge on any atom is -0.507 e. The molecule has 174 valence electrons. The summed E-state index contributed by atoms with van der Waals surface area (Å²) in [5, 5.41) is 23.7. The Hall–Kier alpha value is -2.92. The fourth-order valence-corrected chi connectivity index (χ4v) is 5.82. The number of aromatic hydroxyl groups is 1. The standard InChI is InChI=1S/C22H26FN7O2S/c1-21-7-8-22(2,25-10-21)15(23)16(21)30(4)20-28-27-18(33-20)13-6-5-12(9-14(13)31)17-24-11-29(3)19(32)26-17/h5-6,9,11,15-16,25,31H,7-8,10H2,1-4H3/t15-,16-,21-,22-/m1/s1. The van der Waals surface area contributed by atoms with Crippen molar-refractivity contribution in [1.29, 1.82) is 0 Å². The molecule has 1 aromatic carbocycles. The molecule has 2 bridgehead atoms. The zero-order chi connectivity index (χ0) is 23.5. The number of nitrogens with zero attached hydrogens (tertiary/aromatic N) is 6. The van der Waals surface area contributed by atoms with Crippen molar-refractivity contribution >= 4 is 16.5 Å². The Bertz CT molecular complexity index is 1270. The molecule has 3 aliphatic rings. The largest absolute Gasteiger partial charge is 0.507 e. The molecule has 0 amide bonds. The number of piperidine rings is 2. The van der Waals surface area contributed by atoms with Gasteiger partial charge in [0.1, 0.15) is 18.2 Å². The Morgan fingerprint density at radius 1 is 1.30 bits per heavy atom. The first-order valence-electron chi connectivity index (χ1n) is 10.8. The van der Waals surface area contributed by atoms with Crippen LogP contribution >= 0.6 is 11.3 Å². The highest BCUT2D eigenvalue weighted by Crippen LogP contribution is 2.50. The second kappa shape index (κ2) is 7.56. The van der Waals surface area contributed by atoms with Crippen molar-refractivity contribution in [3.63, 3.8) is 0 Å². The van der Waals surface area contributed by atoms with E-state index in [4.69, 9.17) is 0 Å². The van der Waals surface area contributed by atoms with E-state index in [9.17, 15) is 9.90 Å². The van der Waals surface area contributed by atoms with Crippen molar-refractivity contribution in [2.24, 2.45) is 12.5 Å². The fraction of sp³-hybridized carbons (Fsp3) is 0.500. The van der Waals surface area contributed by atoms with Crippen molar-refractivity contribution in [2.75, 3.05) is 18.5 Å². The van der Waals surface area contributed by atoms with Gasteiger partial charge in [0.15, 0.2) is 10.8 Å². The van der Waals surface area contributed by atoms with Gasteiger partial charge in [0.2, 0.25) is 5.13 Å². The molecule has 6 rings (SSSR count). The third kappa shape index (κ3) is 3.50. The van der Waals surface area contributed by atoms with E-state index in [0.717, 1.165) is 19.4 Å². The molecule has 3 aromatic rings. The average molecular weight is 472 g/mol. The number of phenols is 1. The van der Waals surface area contributed by atoms with Crippen LogP contribution in [-0.2, 0) is 7.05 Å². The molecule has 9 nitrogen and oxygen atoms in total. The summed E-state index contributed by atoms with van der Waals surface area (Å²) in [5.74, 6) is 0.209. The van der Waals surface area contributed by atoms with E-state index < -0.39 is 17.4 Å². The Balaban J connectivity index is 1.43. The predicted molar refractivity (Wildman–Crippen MR) is 124 cm³/mol. The lowest BCUT2D eigenvalue weighted by molar-refractivity contribution is -0.0409. The molecule has 1 saturated carbocycles. The van der Waals surface area contributed by atoms with Crippen LogP contribution < -0.4 is 15.9 Å². The number of halogens is 1. The first-order valence-corrected chi connectivity index (χ1v) is 11.6. The number of anilines is 1. The van der Waals surface area contributed by atoms with Gasteiger partial charge in [-0.3, -0.25) is 4.57 Å². The van der Waals surface area contributed by atoms with Crippen LogP contribution in [0.15, 0.2) is 29.3 Å². The highest BCUT2D eigenvalue weighted by atomic mass is 32.1. The van der Waals surface area contributed by atoms with Crippen molar-refractivity contribution in [3.05, 3.63) is 35.0 Å². The fourth-order valence-electron chi connectivity index (χ4n) is 4.94. The van der Waals surface area contributed by atoms with Gasteiger partial charge in [-0.25, -0.2) is 14.2 Å². The maximum atomic E-state index is 15.5. The molecular formula is C22H26FN7O2S. The lowest BCUT2D eigenvalue weighted by atomic mass is 9.60. The van der Waals surface area contributed by atoms with Crippen LogP contribution in [0, 0.1) is 5.41 Å². The van der Waals surface area contributed by atoms with E-state index in [1.165, 1.54) is 28.3 Å². The molecule has 2 aliphatic heterocycles. The normalized spacial score (nSPS) is 28.8. The zero-order valence-corrected chi connectivity index (χ0v) is 19.7. The van der Waals surface area contributed by atoms with Crippen LogP contribution in [-0.4, -0.2) is 61.2 Å². The molecule has 0 spiro atoms. The Kier molecular flexibility index (Phi) is 5.02. The van der Waals surface area contributed by atoms with Gasteiger partial charge < -0.3 is 15.3 Å². The van der Waals surface area contributed by atoms with Crippen LogP contribution in [0.4, 0.5) is 9.52 Å². The number of nitrogens with one attached hydrogen (secondary N) is 1. The average Bonchev–Trinajstić information content (AvgIpc) is 3.27. The van der Waals surface area contributed by atoms with Crippen molar-refractivity contribution in [1.82, 2.24) is 30.0 Å². The topological polar surface area (TPSA) is 109 Å². The number of alkyl halides is 1. The van der Waals surface area contributed by atoms with E-state index in [0.29, 0.717) is 21.3 Å². The Morgan fingerprint density at radius 3 is 2.76 bits per heavy atom. The van der Waals surface area contributed by atoms with Gasteiger partial charge in [0, 0.05) is 37.2 Å². The number of benzene rings is 1. The molecule has 0 radical (unpaired) electrons. The molecule has 4 heterocycles. The number of phenolic OH excluding ortho intramolecular Hbond substituents is 1. The van der Waals surface area contributed by atoms with Gasteiger partial charge in [-0.1, -0.05) is 24.3 Å². The lowest BCUT2D eigenvalue weighted by Gasteiger charge is -2.59. The summed E-state index contributed by atoms with van der Waals surface area (Å²) in [6.07, 6.45) is 2.11. The molecule has 11 heteroatoms. The molecule has 33 heavy (non-hydrogen) atoms. The van der Waals surface area contributed by atoms with Gasteiger partial charge in [-0.15, -0.1) is 10.2 Å². The van der Waals surface area contributed by atoms with Gasteiger partial charge in [0.05, 0.1) is 11.6 Å². The quantitative estimate of drug-likeness (QED) is 0.597. The van der Waals surface area contributed by atoms with Crippen LogP contribution in [0.5, 0.6) is 5.75 Å². The lowest BCUT2D eigenvalue weighted by Crippen LogP contribution is -2.74. The first-order chi connectivity index (χ1) is 15.6. The van der Waals surface area contributed by atoms with E-state index >= 15 is 4.39 Å². The summed E-state index contributed by atoms with van der Waals surface area (Å²) in [6, 6.07) is 4.61. The molecule has 0 unspecified atom stereocenters. The third-order valence-corrected chi connectivity index (χ3v) is 8.23. The molecule has 2 N–H and O–H groups in total. The number of aryl methyl sites for hydroxylation is 1. The summed E-state index contributed by atoms with van der Waals surface area (Å²) in [5.41, 5.74) is -0.141. The smallest absolute Gasteiger partial charge is 0.350 e. The first kappa shape index (κ1) is 21.9. The SMILES string of the molecule is CN(c1nnc(-c2ccc(-c3ncn(C)c(=O)n3)cc2O)s1)[C@@H]1[C@@H](F)[C@@]2(C)CC[C@]1(C)CN2. The molecular weight excluding hydrogens is 445 g/mol. The van der Waals surface area contributed by atoms with Crippen LogP contribution in [0.1, 0.15) is 26.7 Å². The number of fused-ring (bicyclic) bond motifs is 3. The number of rotatable bonds is 4. The van der Waals surface area contributed by atoms with Crippen molar-refractivity contribution in [3.8, 4) is 27.7 Å². The molecule has 2 saturated heterocycles. The van der Waals surface area contributed by atoms with E-state index in [2.05, 4.69) is 32.4 Å². The molecule has 3 fully saturated rings. The number of hydrogen-bond donors (Lipinski definition) is 2. The van der Waals surface area contributed by atoms with Crippen LogP contribution in [0.3, 0.4) is 0 Å². The van der Waals surface area contributed by atoms with Gasteiger partial charge in [-0.05, 0) is 31.9 Å². The second-order valence-electron chi connectivity index (χ2n) is 9.58. The van der Waals surface area contributed by atoms with E-state index in [1.807, 2.05) is 18.9 Å². The van der Waals surface area contributed by atoms with Gasteiger partial charge >= 0.3 is 5.69 Å². The summed E-state index contributed by atoms with van der Waals surface area (Å²) in [4.78, 5) is 21.8. The second-order valence-corrected chi connectivity index (χ2v) is 10.5. The molecule has 2 aromatic heterocycles. The maximum Gasteiger partial charge on any atom is 0.350 e. The minimum absolute atomic E-state index is 0.0223. The summed E-state index contributed by atoms with van der Waals surface area (Å²) in [7, 11) is 3.44. The number of hydrogen-bond acceptors (Lipinski definition) is 9. The third-order valence-electron chi connectivity index (χ3n) is 7.19. The Morgan fingerprint density at radius 2 is 2.09 bits per heavy atom. The van der Waals surface area contributed by atoms with Gasteiger partial charge in [-0.2, -0.15) is 4.98 Å². The summed E-state index contributed by atoms with van der Waals surface area (Å²) < 4.78 is 16.8. The van der Waals surface area contributed by atoms with Crippen LogP contribution in [0.25, 0.3) is 22.0 Å². The number of aromatic nitrogens is 5. The zero-order valence-electron chi connectivity index (χ0n) is 18.9. The minimum atomic E-state index is -1.03. The van der Waals surface area contributed by atoms with E-state index in [-0.39, 0.29) is 23.0 Å². The highest BCUT2D eigenvalue weighted by Gasteiger charge is 2.58. The van der Waals surface area contributed by atoms with Crippen molar-refractivity contribution < 1.29 is 9.50 Å². The van der Waals surface area contributed by atoms with E-state index in [1.54, 1.807) is 19.2 Å². The highest BCUT2D eigenvalue weighted by molar-refractivity contribution is 7.18. The summed E-state index contributed by atoms with van der Waals surface area (Å²) in [6.45, 7) is 4.84. The predicted octanol–water partition coefficient (Wildman–Crippen LogP) is 2.37. The van der Waals surface area contributed by atoms with Crippen LogP contribution in [0.2, 0.25) is 0 Å².